The van der Waals surface area contributed by atoms with Crippen LogP contribution in [0.3, 0.4) is 0 Å². The van der Waals surface area contributed by atoms with Crippen molar-refractivity contribution >= 4 is 39.1 Å². The first-order chi connectivity index (χ1) is 19.9. The van der Waals surface area contributed by atoms with Gasteiger partial charge in [0.15, 0.2) is 11.5 Å². The second-order valence-electron chi connectivity index (χ2n) is 10.3. The minimum atomic E-state index is -4.29. The van der Waals surface area contributed by atoms with Gasteiger partial charge >= 0.3 is 0 Å². The first-order valence-electron chi connectivity index (χ1n) is 13.5. The van der Waals surface area contributed by atoms with Gasteiger partial charge in [0.25, 0.3) is 10.0 Å². The number of sulfonamides is 1. The lowest BCUT2D eigenvalue weighted by Crippen LogP contribution is -2.51. The molecule has 11 heteroatoms. The van der Waals surface area contributed by atoms with Crippen LogP contribution in [0.25, 0.3) is 0 Å². The maximum atomic E-state index is 14.1. The molecule has 0 aliphatic rings. The van der Waals surface area contributed by atoms with Crippen molar-refractivity contribution in [1.82, 2.24) is 10.2 Å². The van der Waals surface area contributed by atoms with Crippen molar-refractivity contribution in [2.75, 3.05) is 31.6 Å². The van der Waals surface area contributed by atoms with Crippen molar-refractivity contribution in [1.29, 1.82) is 0 Å². The van der Waals surface area contributed by atoms with Crippen LogP contribution < -0.4 is 19.1 Å². The topological polar surface area (TPSA) is 105 Å². The number of rotatable bonds is 13. The number of hydrogen-bond donors (Lipinski definition) is 1. The van der Waals surface area contributed by atoms with Gasteiger partial charge in [0.1, 0.15) is 12.6 Å². The van der Waals surface area contributed by atoms with E-state index in [9.17, 15) is 18.0 Å². The van der Waals surface area contributed by atoms with E-state index in [0.29, 0.717) is 17.3 Å². The van der Waals surface area contributed by atoms with Gasteiger partial charge in [-0.25, -0.2) is 8.42 Å². The zero-order valence-electron chi connectivity index (χ0n) is 24.8. The van der Waals surface area contributed by atoms with Crippen LogP contribution in [-0.2, 0) is 26.2 Å². The van der Waals surface area contributed by atoms with Crippen molar-refractivity contribution in [2.24, 2.45) is 5.92 Å². The number of amides is 2. The summed E-state index contributed by atoms with van der Waals surface area (Å²) in [5.74, 6) is -0.0871. The second-order valence-corrected chi connectivity index (χ2v) is 12.6. The molecular weight excluding hydrogens is 578 g/mol. The summed E-state index contributed by atoms with van der Waals surface area (Å²) in [7, 11) is -1.44. The fourth-order valence-electron chi connectivity index (χ4n) is 4.28. The van der Waals surface area contributed by atoms with Crippen LogP contribution >= 0.6 is 11.6 Å². The Morgan fingerprint density at radius 2 is 1.60 bits per heavy atom. The maximum absolute atomic E-state index is 14.1. The Hall–Kier alpha value is -3.76. The van der Waals surface area contributed by atoms with Gasteiger partial charge in [0.2, 0.25) is 11.8 Å². The lowest BCUT2D eigenvalue weighted by atomic mass is 10.1. The maximum Gasteiger partial charge on any atom is 0.264 e. The lowest BCUT2D eigenvalue weighted by Gasteiger charge is -2.32. The van der Waals surface area contributed by atoms with Crippen molar-refractivity contribution in [3.63, 3.8) is 0 Å². The van der Waals surface area contributed by atoms with E-state index in [-0.39, 0.29) is 34.7 Å². The number of nitrogens with one attached hydrogen (secondary N) is 1. The van der Waals surface area contributed by atoms with Gasteiger partial charge < -0.3 is 19.7 Å². The van der Waals surface area contributed by atoms with Gasteiger partial charge in [0, 0.05) is 24.2 Å². The molecule has 3 aromatic rings. The number of benzene rings is 3. The molecule has 0 radical (unpaired) electrons. The number of halogens is 1. The fourth-order valence-corrected chi connectivity index (χ4v) is 5.84. The Morgan fingerprint density at radius 1 is 0.929 bits per heavy atom. The van der Waals surface area contributed by atoms with Gasteiger partial charge in [0.05, 0.1) is 24.8 Å². The molecule has 2 amide bonds. The molecule has 0 heterocycles. The molecule has 0 aromatic heterocycles. The largest absolute Gasteiger partial charge is 0.493 e. The van der Waals surface area contributed by atoms with Crippen molar-refractivity contribution in [3.05, 3.63) is 82.9 Å². The van der Waals surface area contributed by atoms with Crippen molar-refractivity contribution < 1.29 is 27.5 Å². The van der Waals surface area contributed by atoms with Crippen molar-refractivity contribution in [2.45, 2.75) is 45.2 Å². The summed E-state index contributed by atoms with van der Waals surface area (Å²) in [6.07, 6.45) is 0. The quantitative estimate of drug-likeness (QED) is 0.289. The molecule has 0 aliphatic heterocycles. The molecule has 0 unspecified atom stereocenters. The Balaban J connectivity index is 2.05. The molecule has 3 rings (SSSR count). The van der Waals surface area contributed by atoms with Gasteiger partial charge in [-0.2, -0.15) is 0 Å². The summed E-state index contributed by atoms with van der Waals surface area (Å²) < 4.78 is 39.7. The van der Waals surface area contributed by atoms with E-state index in [2.05, 4.69) is 5.32 Å². The first kappa shape index (κ1) is 32.8. The van der Waals surface area contributed by atoms with Crippen LogP contribution in [0.15, 0.2) is 71.6 Å². The van der Waals surface area contributed by atoms with E-state index < -0.39 is 28.5 Å². The SMILES string of the molecule is COc1ccc(S(=O)(=O)N(CC(=O)N(Cc2cccc(C)c2)[C@H](C)C(=O)NCC(C)C)c2ccc(Cl)cc2)cc1OC. The van der Waals surface area contributed by atoms with Crippen LogP contribution in [0, 0.1) is 12.8 Å². The Labute approximate surface area is 253 Å². The highest BCUT2D eigenvalue weighted by molar-refractivity contribution is 7.92. The van der Waals surface area contributed by atoms with E-state index in [1.165, 1.54) is 49.5 Å². The number of anilines is 1. The summed E-state index contributed by atoms with van der Waals surface area (Å²) in [5.41, 5.74) is 2.04. The van der Waals surface area contributed by atoms with Crippen LogP contribution in [0.5, 0.6) is 11.5 Å². The number of hydrogen-bond acceptors (Lipinski definition) is 6. The third kappa shape index (κ3) is 8.17. The van der Waals surface area contributed by atoms with Gasteiger partial charge in [-0.05, 0) is 61.7 Å². The zero-order valence-corrected chi connectivity index (χ0v) is 26.3. The molecular formula is C31H38ClN3O6S. The summed E-state index contributed by atoms with van der Waals surface area (Å²) in [6, 6.07) is 17.1. The summed E-state index contributed by atoms with van der Waals surface area (Å²) in [4.78, 5) is 28.5. The molecule has 0 saturated heterocycles. The molecule has 226 valence electrons. The van der Waals surface area contributed by atoms with Crippen LogP contribution in [0.4, 0.5) is 5.69 Å². The molecule has 1 N–H and O–H groups in total. The van der Waals surface area contributed by atoms with E-state index >= 15 is 0 Å². The van der Waals surface area contributed by atoms with Crippen molar-refractivity contribution in [3.8, 4) is 11.5 Å². The number of methoxy groups -OCH3 is 2. The summed E-state index contributed by atoms with van der Waals surface area (Å²) >= 11 is 6.09. The van der Waals surface area contributed by atoms with Gasteiger partial charge in [-0.1, -0.05) is 55.3 Å². The predicted molar refractivity (Wildman–Crippen MR) is 165 cm³/mol. The predicted octanol–water partition coefficient (Wildman–Crippen LogP) is 5.05. The van der Waals surface area contributed by atoms with E-state index in [1.807, 2.05) is 45.0 Å². The molecule has 0 aliphatic carbocycles. The number of ether oxygens (including phenoxy) is 2. The molecule has 9 nitrogen and oxygen atoms in total. The van der Waals surface area contributed by atoms with E-state index in [4.69, 9.17) is 21.1 Å². The first-order valence-corrected chi connectivity index (χ1v) is 15.3. The molecule has 1 atom stereocenters. The zero-order chi connectivity index (χ0) is 31.0. The summed E-state index contributed by atoms with van der Waals surface area (Å²) in [6.45, 7) is 7.52. The third-order valence-electron chi connectivity index (χ3n) is 6.62. The molecule has 0 bridgehead atoms. The Morgan fingerprint density at radius 3 is 2.19 bits per heavy atom. The summed E-state index contributed by atoms with van der Waals surface area (Å²) in [5, 5.41) is 3.29. The fraction of sp³-hybridized carbons (Fsp3) is 0.355. The van der Waals surface area contributed by atoms with Crippen LogP contribution in [-0.4, -0.2) is 58.5 Å². The average Bonchev–Trinajstić information content (AvgIpc) is 2.97. The van der Waals surface area contributed by atoms with Crippen LogP contribution in [0.1, 0.15) is 31.9 Å². The average molecular weight is 616 g/mol. The molecule has 0 fully saturated rings. The molecule has 0 spiro atoms. The molecule has 3 aromatic carbocycles. The molecule has 42 heavy (non-hydrogen) atoms. The third-order valence-corrected chi connectivity index (χ3v) is 8.65. The minimum absolute atomic E-state index is 0.101. The normalized spacial score (nSPS) is 12.0. The highest BCUT2D eigenvalue weighted by atomic mass is 35.5. The standard InChI is InChI=1S/C31H38ClN3O6S/c1-21(2)18-33-31(37)23(4)34(19-24-9-7-8-22(3)16-24)30(36)20-35(26-12-10-25(32)11-13-26)42(38,39)27-14-15-28(40-5)29(17-27)41-6/h7-17,21,23H,18-20H2,1-6H3,(H,33,37)/t23-/m1/s1. The number of carbonyl (C=O) groups excluding carboxylic acids is 2. The van der Waals surface area contributed by atoms with Crippen LogP contribution in [0.2, 0.25) is 5.02 Å². The minimum Gasteiger partial charge on any atom is -0.493 e. The smallest absolute Gasteiger partial charge is 0.264 e. The van der Waals surface area contributed by atoms with Gasteiger partial charge in [-0.15, -0.1) is 0 Å². The van der Waals surface area contributed by atoms with E-state index in [1.54, 1.807) is 19.1 Å². The number of aryl methyl sites for hydroxylation is 1. The number of nitrogens with zero attached hydrogens (tertiary/aromatic N) is 2. The highest BCUT2D eigenvalue weighted by Gasteiger charge is 2.33. The van der Waals surface area contributed by atoms with Gasteiger partial charge in [-0.3, -0.25) is 13.9 Å². The molecule has 0 saturated carbocycles. The number of carbonyl (C=O) groups is 2. The highest BCUT2D eigenvalue weighted by Crippen LogP contribution is 2.32. The van der Waals surface area contributed by atoms with E-state index in [0.717, 1.165) is 15.4 Å². The lowest BCUT2D eigenvalue weighted by molar-refractivity contribution is -0.139. The second kappa shape index (κ2) is 14.4. The Bertz CT molecular complexity index is 1490. The Kier molecular flexibility index (Phi) is 11.2. The monoisotopic (exact) mass is 615 g/mol.